The molecule has 0 aliphatic rings. The van der Waals surface area contributed by atoms with E-state index in [1.54, 1.807) is 0 Å². The second-order valence-corrected chi connectivity index (χ2v) is 20.5. The minimum absolute atomic E-state index is 0.0617. The second-order valence-electron chi connectivity index (χ2n) is 20.5. The molecule has 0 fully saturated rings. The first-order chi connectivity index (χ1) is 31.9. The van der Waals surface area contributed by atoms with Crippen molar-refractivity contribution >= 4 is 17.9 Å². The molecule has 65 heavy (non-hydrogen) atoms. The van der Waals surface area contributed by atoms with Crippen LogP contribution in [0.25, 0.3) is 0 Å². The Balaban J connectivity index is 4.20. The van der Waals surface area contributed by atoms with Crippen molar-refractivity contribution in [3.05, 3.63) is 0 Å². The van der Waals surface area contributed by atoms with Gasteiger partial charge in [-0.05, 0) is 25.2 Å². The molecule has 0 spiro atoms. The van der Waals surface area contributed by atoms with Crippen LogP contribution < -0.4 is 0 Å². The number of hydrogen-bond acceptors (Lipinski definition) is 6. The number of rotatable bonds is 54. The fourth-order valence-corrected chi connectivity index (χ4v) is 9.07. The van der Waals surface area contributed by atoms with Crippen LogP contribution in [0.15, 0.2) is 0 Å². The number of esters is 3. The van der Waals surface area contributed by atoms with Gasteiger partial charge in [0.1, 0.15) is 13.2 Å². The van der Waals surface area contributed by atoms with E-state index in [2.05, 4.69) is 27.7 Å². The summed E-state index contributed by atoms with van der Waals surface area (Å²) >= 11 is 0. The summed E-state index contributed by atoms with van der Waals surface area (Å²) in [6.07, 6.45) is 58.0. The van der Waals surface area contributed by atoms with Crippen LogP contribution in [0.2, 0.25) is 0 Å². The Morgan fingerprint density at radius 1 is 0.308 bits per heavy atom. The fourth-order valence-electron chi connectivity index (χ4n) is 9.07. The van der Waals surface area contributed by atoms with Crippen molar-refractivity contribution < 1.29 is 28.6 Å². The lowest BCUT2D eigenvalue weighted by molar-refractivity contribution is -0.167. The third-order valence-electron chi connectivity index (χ3n) is 13.9. The first-order valence-electron chi connectivity index (χ1n) is 29.4. The first-order valence-corrected chi connectivity index (χ1v) is 29.4. The zero-order valence-electron chi connectivity index (χ0n) is 44.5. The minimum atomic E-state index is -0.761. The van der Waals surface area contributed by atoms with Crippen molar-refractivity contribution in [3.63, 3.8) is 0 Å². The molecule has 0 aliphatic carbocycles. The molecule has 0 amide bonds. The molecule has 0 aliphatic heterocycles. The Labute approximate surface area is 406 Å². The molecule has 0 aromatic carbocycles. The maximum absolute atomic E-state index is 12.8. The maximum atomic E-state index is 12.8. The quantitative estimate of drug-likeness (QED) is 0.0344. The van der Waals surface area contributed by atoms with Crippen molar-refractivity contribution in [2.24, 2.45) is 5.92 Å². The number of hydrogen-bond donors (Lipinski definition) is 0. The highest BCUT2D eigenvalue weighted by Crippen LogP contribution is 2.18. The molecular weight excluding hydrogens is 805 g/mol. The van der Waals surface area contributed by atoms with Gasteiger partial charge in [-0.1, -0.05) is 297 Å². The molecule has 0 saturated carbocycles. The summed E-state index contributed by atoms with van der Waals surface area (Å²) in [5.74, 6) is 0.0747. The zero-order chi connectivity index (χ0) is 47.4. The first kappa shape index (κ1) is 63.4. The molecule has 0 heterocycles. The van der Waals surface area contributed by atoms with Gasteiger partial charge < -0.3 is 14.2 Å². The molecule has 6 nitrogen and oxygen atoms in total. The highest BCUT2D eigenvalue weighted by atomic mass is 16.6. The maximum Gasteiger partial charge on any atom is 0.306 e. The van der Waals surface area contributed by atoms with E-state index in [0.29, 0.717) is 19.3 Å². The smallest absolute Gasteiger partial charge is 0.306 e. The standard InChI is InChI=1S/C59H114O6/c1-5-8-10-12-14-16-18-26-31-34-38-42-46-50-57(60)63-53-56(65-59(62)52-48-44-40-36-30-19-17-15-13-11-9-6-2)54-64-58(61)51-47-43-39-35-32-28-25-23-21-20-22-24-27-29-33-37-41-45-49-55(4)7-3/h55-56H,5-54H2,1-4H3/t55?,56-/m1/s1. The number of carbonyl (C=O) groups is 3. The van der Waals surface area contributed by atoms with E-state index >= 15 is 0 Å². The van der Waals surface area contributed by atoms with Crippen molar-refractivity contribution in [1.29, 1.82) is 0 Å². The summed E-state index contributed by atoms with van der Waals surface area (Å²) in [5.41, 5.74) is 0. The molecule has 6 heteroatoms. The van der Waals surface area contributed by atoms with Gasteiger partial charge in [0.2, 0.25) is 0 Å². The van der Waals surface area contributed by atoms with Crippen LogP contribution in [-0.4, -0.2) is 37.2 Å². The largest absolute Gasteiger partial charge is 0.462 e. The van der Waals surface area contributed by atoms with Crippen LogP contribution in [0.3, 0.4) is 0 Å². The van der Waals surface area contributed by atoms with E-state index in [4.69, 9.17) is 14.2 Å². The fraction of sp³-hybridized carbons (Fsp3) is 0.949. The summed E-state index contributed by atoms with van der Waals surface area (Å²) in [6, 6.07) is 0. The summed E-state index contributed by atoms with van der Waals surface area (Å²) in [7, 11) is 0. The van der Waals surface area contributed by atoms with E-state index in [1.165, 1.54) is 231 Å². The van der Waals surface area contributed by atoms with E-state index in [-0.39, 0.29) is 31.1 Å². The van der Waals surface area contributed by atoms with Gasteiger partial charge in [-0.15, -0.1) is 0 Å². The van der Waals surface area contributed by atoms with Crippen LogP contribution in [0, 0.1) is 5.92 Å². The van der Waals surface area contributed by atoms with Crippen LogP contribution >= 0.6 is 0 Å². The highest BCUT2D eigenvalue weighted by Gasteiger charge is 2.19. The normalized spacial score (nSPS) is 12.4. The van der Waals surface area contributed by atoms with Gasteiger partial charge in [0, 0.05) is 19.3 Å². The van der Waals surface area contributed by atoms with Gasteiger partial charge in [-0.3, -0.25) is 14.4 Å². The van der Waals surface area contributed by atoms with Gasteiger partial charge >= 0.3 is 17.9 Å². The third-order valence-corrected chi connectivity index (χ3v) is 13.9. The monoisotopic (exact) mass is 919 g/mol. The van der Waals surface area contributed by atoms with Crippen LogP contribution in [0.5, 0.6) is 0 Å². The van der Waals surface area contributed by atoms with Crippen LogP contribution in [-0.2, 0) is 28.6 Å². The topological polar surface area (TPSA) is 78.9 Å². The molecule has 2 atom stereocenters. The van der Waals surface area contributed by atoms with Gasteiger partial charge in [-0.25, -0.2) is 0 Å². The highest BCUT2D eigenvalue weighted by molar-refractivity contribution is 5.71. The molecule has 0 N–H and O–H groups in total. The summed E-state index contributed by atoms with van der Waals surface area (Å²) in [4.78, 5) is 38.1. The van der Waals surface area contributed by atoms with Crippen molar-refractivity contribution in [2.75, 3.05) is 13.2 Å². The molecule has 0 bridgehead atoms. The lowest BCUT2D eigenvalue weighted by Crippen LogP contribution is -2.30. The molecule has 0 aromatic rings. The predicted molar refractivity (Wildman–Crippen MR) is 280 cm³/mol. The summed E-state index contributed by atoms with van der Waals surface area (Å²) < 4.78 is 16.9. The van der Waals surface area contributed by atoms with E-state index in [0.717, 1.165) is 63.7 Å². The van der Waals surface area contributed by atoms with Crippen molar-refractivity contribution in [1.82, 2.24) is 0 Å². The molecule has 0 radical (unpaired) electrons. The van der Waals surface area contributed by atoms with E-state index in [9.17, 15) is 14.4 Å². The molecule has 0 aromatic heterocycles. The average molecular weight is 920 g/mol. The Hall–Kier alpha value is -1.59. The number of ether oxygens (including phenoxy) is 3. The Morgan fingerprint density at radius 2 is 0.538 bits per heavy atom. The third kappa shape index (κ3) is 51.6. The summed E-state index contributed by atoms with van der Waals surface area (Å²) in [5, 5.41) is 0. The Kier molecular flexibility index (Phi) is 52.1. The van der Waals surface area contributed by atoms with Crippen LogP contribution in [0.4, 0.5) is 0 Å². The Bertz CT molecular complexity index is 982. The number of unbranched alkanes of at least 4 members (excludes halogenated alkanes) is 40. The number of carbonyl (C=O) groups excluding carboxylic acids is 3. The van der Waals surface area contributed by atoms with Gasteiger partial charge in [0.15, 0.2) is 6.10 Å². The van der Waals surface area contributed by atoms with Crippen LogP contribution in [0.1, 0.15) is 336 Å². The van der Waals surface area contributed by atoms with E-state index in [1.807, 2.05) is 0 Å². The second kappa shape index (κ2) is 53.4. The van der Waals surface area contributed by atoms with Gasteiger partial charge in [-0.2, -0.15) is 0 Å². The molecular formula is C59H114O6. The van der Waals surface area contributed by atoms with Crippen molar-refractivity contribution in [3.8, 4) is 0 Å². The molecule has 386 valence electrons. The van der Waals surface area contributed by atoms with Crippen molar-refractivity contribution in [2.45, 2.75) is 342 Å². The molecule has 0 rings (SSSR count). The lowest BCUT2D eigenvalue weighted by atomic mass is 9.99. The summed E-state index contributed by atoms with van der Waals surface area (Å²) in [6.45, 7) is 9.10. The van der Waals surface area contributed by atoms with Gasteiger partial charge in [0.25, 0.3) is 0 Å². The Morgan fingerprint density at radius 3 is 0.800 bits per heavy atom. The lowest BCUT2D eigenvalue weighted by Gasteiger charge is -2.18. The SMILES string of the molecule is CCCCCCCCCCCCCCCC(=O)OC[C@H](COC(=O)CCCCCCCCCCCCCCCCCCCCC(C)CC)OC(=O)CCCCCCCCCCCCCC. The zero-order valence-corrected chi connectivity index (χ0v) is 44.5. The molecule has 1 unspecified atom stereocenters. The van der Waals surface area contributed by atoms with Gasteiger partial charge in [0.05, 0.1) is 0 Å². The molecule has 0 saturated heterocycles. The van der Waals surface area contributed by atoms with E-state index < -0.39 is 6.10 Å². The predicted octanol–water partition coefficient (Wildman–Crippen LogP) is 19.4. The minimum Gasteiger partial charge on any atom is -0.462 e. The average Bonchev–Trinajstić information content (AvgIpc) is 3.30.